The molecule has 3 aromatic rings. The van der Waals surface area contributed by atoms with Gasteiger partial charge >= 0.3 is 0 Å². The highest BCUT2D eigenvalue weighted by molar-refractivity contribution is 5.79. The molecule has 1 aromatic heterocycles. The van der Waals surface area contributed by atoms with Gasteiger partial charge in [-0.2, -0.15) is 0 Å². The van der Waals surface area contributed by atoms with Crippen LogP contribution in [0, 0.1) is 5.92 Å². The third-order valence-corrected chi connectivity index (χ3v) is 4.27. The maximum atomic E-state index is 12.4. The fraction of sp³-hybridized carbons (Fsp3) is 0.333. The van der Waals surface area contributed by atoms with E-state index >= 15 is 0 Å². The summed E-state index contributed by atoms with van der Waals surface area (Å²) in [6.07, 6.45) is 0.286. The Labute approximate surface area is 154 Å². The van der Waals surface area contributed by atoms with E-state index in [1.54, 1.807) is 7.11 Å². The molecule has 0 fully saturated rings. The molecule has 1 N–H and O–H groups in total. The Bertz CT molecular complexity index is 899. The summed E-state index contributed by atoms with van der Waals surface area (Å²) < 4.78 is 7.51. The average Bonchev–Trinajstić information content (AvgIpc) is 2.97. The Kier molecular flexibility index (Phi) is 5.56. The van der Waals surface area contributed by atoms with Crippen molar-refractivity contribution >= 4 is 16.9 Å². The highest BCUT2D eigenvalue weighted by Gasteiger charge is 2.13. The van der Waals surface area contributed by atoms with E-state index in [-0.39, 0.29) is 12.3 Å². The van der Waals surface area contributed by atoms with E-state index in [0.717, 1.165) is 34.7 Å². The molecule has 0 aliphatic rings. The summed E-state index contributed by atoms with van der Waals surface area (Å²) in [7, 11) is 1.62. The van der Waals surface area contributed by atoms with E-state index in [0.29, 0.717) is 12.5 Å². The fourth-order valence-corrected chi connectivity index (χ4v) is 3.09. The number of carbonyl (C=O) groups is 1. The topological polar surface area (TPSA) is 56.1 Å². The standard InChI is InChI=1S/C21H25N3O2/c1-15(2)14-24-18-10-6-5-9-17(18)23-20(24)13-22-21(25)12-16-8-4-7-11-19(16)26-3/h4-11,15H,12-14H2,1-3H3,(H,22,25). The van der Waals surface area contributed by atoms with Gasteiger partial charge in [-0.1, -0.05) is 44.2 Å². The number of nitrogens with zero attached hydrogens (tertiary/aromatic N) is 2. The van der Waals surface area contributed by atoms with Crippen molar-refractivity contribution in [2.24, 2.45) is 5.92 Å². The Hall–Kier alpha value is -2.82. The van der Waals surface area contributed by atoms with Gasteiger partial charge in [0.05, 0.1) is 31.1 Å². The molecule has 136 valence electrons. The van der Waals surface area contributed by atoms with Crippen molar-refractivity contribution in [3.63, 3.8) is 0 Å². The van der Waals surface area contributed by atoms with Crippen molar-refractivity contribution in [2.75, 3.05) is 7.11 Å². The number of aromatic nitrogens is 2. The number of methoxy groups -OCH3 is 1. The molecule has 2 aromatic carbocycles. The molecule has 1 amide bonds. The molecular weight excluding hydrogens is 326 g/mol. The number of hydrogen-bond acceptors (Lipinski definition) is 3. The van der Waals surface area contributed by atoms with Crippen LogP contribution in [-0.4, -0.2) is 22.6 Å². The zero-order valence-electron chi connectivity index (χ0n) is 15.5. The minimum absolute atomic E-state index is 0.0438. The monoisotopic (exact) mass is 351 g/mol. The van der Waals surface area contributed by atoms with Crippen LogP contribution in [0.1, 0.15) is 25.2 Å². The summed E-state index contributed by atoms with van der Waals surface area (Å²) in [6, 6.07) is 15.7. The van der Waals surface area contributed by atoms with Gasteiger partial charge in [-0.3, -0.25) is 4.79 Å². The minimum Gasteiger partial charge on any atom is -0.496 e. The first-order valence-electron chi connectivity index (χ1n) is 8.91. The van der Waals surface area contributed by atoms with Crippen molar-refractivity contribution in [3.05, 3.63) is 59.9 Å². The van der Waals surface area contributed by atoms with Crippen LogP contribution in [0.3, 0.4) is 0 Å². The number of hydrogen-bond donors (Lipinski definition) is 1. The number of para-hydroxylation sites is 3. The number of benzene rings is 2. The molecule has 0 aliphatic carbocycles. The van der Waals surface area contributed by atoms with Gasteiger partial charge in [0.25, 0.3) is 0 Å². The quantitative estimate of drug-likeness (QED) is 0.708. The predicted molar refractivity (Wildman–Crippen MR) is 103 cm³/mol. The number of rotatable bonds is 7. The molecule has 0 saturated carbocycles. The molecule has 5 nitrogen and oxygen atoms in total. The molecule has 0 saturated heterocycles. The second-order valence-corrected chi connectivity index (χ2v) is 6.79. The summed E-state index contributed by atoms with van der Waals surface area (Å²) in [6.45, 7) is 5.64. The van der Waals surface area contributed by atoms with Gasteiger partial charge in [0.1, 0.15) is 11.6 Å². The molecule has 0 aliphatic heterocycles. The van der Waals surface area contributed by atoms with E-state index in [1.165, 1.54) is 0 Å². The Morgan fingerprint density at radius 3 is 2.65 bits per heavy atom. The third kappa shape index (κ3) is 4.04. The summed E-state index contributed by atoms with van der Waals surface area (Å²) in [4.78, 5) is 17.1. The molecule has 5 heteroatoms. The molecule has 26 heavy (non-hydrogen) atoms. The smallest absolute Gasteiger partial charge is 0.224 e. The summed E-state index contributed by atoms with van der Waals surface area (Å²) in [5.41, 5.74) is 2.94. The van der Waals surface area contributed by atoms with Crippen LogP contribution >= 0.6 is 0 Å². The molecule has 0 bridgehead atoms. The number of amides is 1. The van der Waals surface area contributed by atoms with Crippen molar-refractivity contribution < 1.29 is 9.53 Å². The van der Waals surface area contributed by atoms with Crippen molar-refractivity contribution in [1.29, 1.82) is 0 Å². The van der Waals surface area contributed by atoms with E-state index in [4.69, 9.17) is 9.72 Å². The first-order chi connectivity index (χ1) is 12.6. The highest BCUT2D eigenvalue weighted by Crippen LogP contribution is 2.19. The van der Waals surface area contributed by atoms with Crippen molar-refractivity contribution in [2.45, 2.75) is 33.4 Å². The maximum absolute atomic E-state index is 12.4. The van der Waals surface area contributed by atoms with Gasteiger partial charge in [-0.25, -0.2) is 4.98 Å². The van der Waals surface area contributed by atoms with Crippen LogP contribution in [-0.2, 0) is 24.3 Å². The SMILES string of the molecule is COc1ccccc1CC(=O)NCc1nc2ccccc2n1CC(C)C. The van der Waals surface area contributed by atoms with E-state index in [2.05, 4.69) is 29.8 Å². The molecule has 0 atom stereocenters. The van der Waals surface area contributed by atoms with Crippen LogP contribution in [0.25, 0.3) is 11.0 Å². The summed E-state index contributed by atoms with van der Waals surface area (Å²) in [5, 5.41) is 3.00. The lowest BCUT2D eigenvalue weighted by Crippen LogP contribution is -2.26. The second kappa shape index (κ2) is 8.04. The van der Waals surface area contributed by atoms with Gasteiger partial charge in [-0.15, -0.1) is 0 Å². The second-order valence-electron chi connectivity index (χ2n) is 6.79. The predicted octanol–water partition coefficient (Wildman–Crippen LogP) is 3.56. The van der Waals surface area contributed by atoms with E-state index in [9.17, 15) is 4.79 Å². The lowest BCUT2D eigenvalue weighted by Gasteiger charge is -2.13. The molecule has 1 heterocycles. The zero-order valence-corrected chi connectivity index (χ0v) is 15.5. The van der Waals surface area contributed by atoms with Crippen LogP contribution < -0.4 is 10.1 Å². The van der Waals surface area contributed by atoms with Gasteiger partial charge < -0.3 is 14.6 Å². The van der Waals surface area contributed by atoms with Gasteiger partial charge in [0, 0.05) is 12.1 Å². The first kappa shape index (κ1) is 18.0. The van der Waals surface area contributed by atoms with Gasteiger partial charge in [-0.05, 0) is 24.1 Å². The van der Waals surface area contributed by atoms with E-state index < -0.39 is 0 Å². The number of nitrogens with one attached hydrogen (secondary N) is 1. The van der Waals surface area contributed by atoms with Gasteiger partial charge in [0.2, 0.25) is 5.91 Å². The highest BCUT2D eigenvalue weighted by atomic mass is 16.5. The first-order valence-corrected chi connectivity index (χ1v) is 8.91. The average molecular weight is 351 g/mol. The maximum Gasteiger partial charge on any atom is 0.224 e. The minimum atomic E-state index is -0.0438. The van der Waals surface area contributed by atoms with Crippen molar-refractivity contribution in [1.82, 2.24) is 14.9 Å². The van der Waals surface area contributed by atoms with Crippen molar-refractivity contribution in [3.8, 4) is 5.75 Å². The van der Waals surface area contributed by atoms with Crippen LogP contribution in [0.2, 0.25) is 0 Å². The number of fused-ring (bicyclic) bond motifs is 1. The number of ether oxygens (including phenoxy) is 1. The Morgan fingerprint density at radius 1 is 1.15 bits per heavy atom. The fourth-order valence-electron chi connectivity index (χ4n) is 3.09. The molecule has 3 rings (SSSR count). The molecule has 0 spiro atoms. The van der Waals surface area contributed by atoms with Crippen LogP contribution in [0.5, 0.6) is 5.75 Å². The van der Waals surface area contributed by atoms with Crippen LogP contribution in [0.4, 0.5) is 0 Å². The molecule has 0 radical (unpaired) electrons. The molecular formula is C21H25N3O2. The number of carbonyl (C=O) groups excluding carboxylic acids is 1. The lowest BCUT2D eigenvalue weighted by atomic mass is 10.1. The Balaban J connectivity index is 1.73. The normalized spacial score (nSPS) is 11.1. The lowest BCUT2D eigenvalue weighted by molar-refractivity contribution is -0.120. The largest absolute Gasteiger partial charge is 0.496 e. The Morgan fingerprint density at radius 2 is 1.88 bits per heavy atom. The number of imidazole rings is 1. The van der Waals surface area contributed by atoms with Gasteiger partial charge in [0.15, 0.2) is 0 Å². The summed E-state index contributed by atoms with van der Waals surface area (Å²) >= 11 is 0. The summed E-state index contributed by atoms with van der Waals surface area (Å²) in [5.74, 6) is 2.07. The molecule has 0 unspecified atom stereocenters. The van der Waals surface area contributed by atoms with Crippen LogP contribution in [0.15, 0.2) is 48.5 Å². The third-order valence-electron chi connectivity index (χ3n) is 4.27. The van der Waals surface area contributed by atoms with E-state index in [1.807, 2.05) is 42.5 Å². The zero-order chi connectivity index (χ0) is 18.5.